The lowest BCUT2D eigenvalue weighted by molar-refractivity contribution is 0.773. The molecule has 0 N–H and O–H groups in total. The Bertz CT molecular complexity index is 460. The van der Waals surface area contributed by atoms with Crippen molar-refractivity contribution >= 4 is 23.2 Å². The molecule has 0 amide bonds. The van der Waals surface area contributed by atoms with E-state index in [1.54, 1.807) is 10.7 Å². The Morgan fingerprint density at radius 1 is 1.40 bits per heavy atom. The molecule has 0 spiro atoms. The molecule has 0 fully saturated rings. The molecule has 0 unspecified atom stereocenters. The highest BCUT2D eigenvalue weighted by molar-refractivity contribution is 6.32. The highest BCUT2D eigenvalue weighted by Crippen LogP contribution is 2.23. The molecule has 0 radical (unpaired) electrons. The van der Waals surface area contributed by atoms with Crippen LogP contribution in [-0.2, 0) is 5.88 Å². The fourth-order valence-corrected chi connectivity index (χ4v) is 1.82. The normalized spacial score (nSPS) is 10.6. The first-order valence-corrected chi connectivity index (χ1v) is 5.24. The number of alkyl halides is 1. The first-order chi connectivity index (χ1) is 7.24. The summed E-state index contributed by atoms with van der Waals surface area (Å²) >= 11 is 11.8. The number of rotatable bonds is 2. The van der Waals surface area contributed by atoms with Gasteiger partial charge in [-0.2, -0.15) is 4.68 Å². The quantitative estimate of drug-likeness (QED) is 0.760. The highest BCUT2D eigenvalue weighted by Gasteiger charge is 2.12. The third-order valence-electron chi connectivity index (χ3n) is 2.05. The second-order valence-corrected chi connectivity index (χ2v) is 3.72. The standard InChI is InChI=1S/C9H8Cl2N4/c1-6-3-2-4-7(11)9(6)15-8(5-10)12-13-14-15/h2-4H,5H2,1H3. The van der Waals surface area contributed by atoms with Gasteiger partial charge in [-0.15, -0.1) is 16.7 Å². The van der Waals surface area contributed by atoms with Crippen LogP contribution >= 0.6 is 23.2 Å². The Morgan fingerprint density at radius 3 is 2.87 bits per heavy atom. The van der Waals surface area contributed by atoms with Crippen molar-refractivity contribution in [3.63, 3.8) is 0 Å². The smallest absolute Gasteiger partial charge is 0.171 e. The van der Waals surface area contributed by atoms with Gasteiger partial charge in [-0.3, -0.25) is 0 Å². The molecule has 0 aliphatic heterocycles. The van der Waals surface area contributed by atoms with Crippen molar-refractivity contribution in [2.75, 3.05) is 0 Å². The summed E-state index contributed by atoms with van der Waals surface area (Å²) in [5.41, 5.74) is 1.78. The molecule has 2 rings (SSSR count). The van der Waals surface area contributed by atoms with Crippen LogP contribution in [0.3, 0.4) is 0 Å². The largest absolute Gasteiger partial charge is 0.194 e. The van der Waals surface area contributed by atoms with Gasteiger partial charge in [0.05, 0.1) is 16.6 Å². The number of hydrogen-bond acceptors (Lipinski definition) is 3. The van der Waals surface area contributed by atoms with E-state index in [4.69, 9.17) is 23.2 Å². The molecule has 0 saturated carbocycles. The molecule has 0 aliphatic carbocycles. The minimum Gasteiger partial charge on any atom is -0.194 e. The van der Waals surface area contributed by atoms with Crippen molar-refractivity contribution in [3.8, 4) is 5.69 Å². The molecule has 4 nitrogen and oxygen atoms in total. The molecule has 0 bridgehead atoms. The molecule has 0 saturated heterocycles. The van der Waals surface area contributed by atoms with E-state index >= 15 is 0 Å². The Hall–Kier alpha value is -1.13. The van der Waals surface area contributed by atoms with E-state index < -0.39 is 0 Å². The third kappa shape index (κ3) is 1.82. The summed E-state index contributed by atoms with van der Waals surface area (Å²) in [5.74, 6) is 0.824. The molecule has 1 aromatic carbocycles. The SMILES string of the molecule is Cc1cccc(Cl)c1-n1nnnc1CCl. The predicted molar refractivity (Wildman–Crippen MR) is 58.5 cm³/mol. The average Bonchev–Trinajstić information content (AvgIpc) is 2.65. The van der Waals surface area contributed by atoms with Gasteiger partial charge in [0, 0.05) is 0 Å². The molecule has 78 valence electrons. The number of para-hydroxylation sites is 1. The average molecular weight is 243 g/mol. The van der Waals surface area contributed by atoms with Gasteiger partial charge >= 0.3 is 0 Å². The molecular weight excluding hydrogens is 235 g/mol. The number of hydrogen-bond donors (Lipinski definition) is 0. The monoisotopic (exact) mass is 242 g/mol. The van der Waals surface area contributed by atoms with Crippen molar-refractivity contribution in [2.45, 2.75) is 12.8 Å². The van der Waals surface area contributed by atoms with Crippen LogP contribution in [0.15, 0.2) is 18.2 Å². The topological polar surface area (TPSA) is 43.6 Å². The molecule has 0 aliphatic rings. The molecule has 6 heteroatoms. The summed E-state index contributed by atoms with van der Waals surface area (Å²) in [6.07, 6.45) is 0. The van der Waals surface area contributed by atoms with Crippen LogP contribution in [0.1, 0.15) is 11.4 Å². The molecular formula is C9H8Cl2N4. The van der Waals surface area contributed by atoms with E-state index in [1.165, 1.54) is 0 Å². The van der Waals surface area contributed by atoms with Crippen molar-refractivity contribution in [3.05, 3.63) is 34.6 Å². The highest BCUT2D eigenvalue weighted by atomic mass is 35.5. The molecule has 1 aromatic heterocycles. The Morgan fingerprint density at radius 2 is 2.20 bits per heavy atom. The van der Waals surface area contributed by atoms with Gasteiger partial charge in [0.2, 0.25) is 0 Å². The Labute approximate surface area is 96.8 Å². The van der Waals surface area contributed by atoms with Gasteiger partial charge in [-0.05, 0) is 29.0 Å². The molecule has 2 aromatic rings. The number of nitrogens with zero attached hydrogens (tertiary/aromatic N) is 4. The summed E-state index contributed by atoms with van der Waals surface area (Å²) in [7, 11) is 0. The molecule has 15 heavy (non-hydrogen) atoms. The second-order valence-electron chi connectivity index (χ2n) is 3.05. The third-order valence-corrected chi connectivity index (χ3v) is 2.60. The minimum atomic E-state index is 0.248. The van der Waals surface area contributed by atoms with E-state index in [-0.39, 0.29) is 5.88 Å². The van der Waals surface area contributed by atoms with E-state index in [9.17, 15) is 0 Å². The van der Waals surface area contributed by atoms with Crippen LogP contribution in [0, 0.1) is 6.92 Å². The predicted octanol–water partition coefficient (Wildman–Crippen LogP) is 2.36. The number of benzene rings is 1. The van der Waals surface area contributed by atoms with Crippen LogP contribution in [0.2, 0.25) is 5.02 Å². The lowest BCUT2D eigenvalue weighted by Crippen LogP contribution is -2.04. The van der Waals surface area contributed by atoms with Gasteiger partial charge < -0.3 is 0 Å². The number of aromatic nitrogens is 4. The fraction of sp³-hybridized carbons (Fsp3) is 0.222. The van der Waals surface area contributed by atoms with Crippen LogP contribution in [0.5, 0.6) is 0 Å². The van der Waals surface area contributed by atoms with Gasteiger partial charge in [-0.1, -0.05) is 23.7 Å². The maximum absolute atomic E-state index is 6.09. The van der Waals surface area contributed by atoms with E-state index in [1.807, 2.05) is 19.1 Å². The number of halogens is 2. The van der Waals surface area contributed by atoms with Gasteiger partial charge in [-0.25, -0.2) is 0 Å². The zero-order valence-electron chi connectivity index (χ0n) is 7.98. The maximum atomic E-state index is 6.09. The first kappa shape index (κ1) is 10.4. The van der Waals surface area contributed by atoms with Gasteiger partial charge in [0.15, 0.2) is 5.82 Å². The van der Waals surface area contributed by atoms with Crippen LogP contribution in [0.4, 0.5) is 0 Å². The lowest BCUT2D eigenvalue weighted by Gasteiger charge is -2.08. The zero-order valence-corrected chi connectivity index (χ0v) is 9.50. The summed E-state index contributed by atoms with van der Waals surface area (Å²) < 4.78 is 1.56. The summed E-state index contributed by atoms with van der Waals surface area (Å²) in [5, 5.41) is 11.8. The summed E-state index contributed by atoms with van der Waals surface area (Å²) in [6, 6.07) is 5.62. The second kappa shape index (κ2) is 4.16. The van der Waals surface area contributed by atoms with Crippen LogP contribution in [0.25, 0.3) is 5.69 Å². The van der Waals surface area contributed by atoms with E-state index in [2.05, 4.69) is 15.5 Å². The maximum Gasteiger partial charge on any atom is 0.171 e. The number of aryl methyl sites for hydroxylation is 1. The van der Waals surface area contributed by atoms with Gasteiger partial charge in [0.1, 0.15) is 0 Å². The zero-order chi connectivity index (χ0) is 10.8. The van der Waals surface area contributed by atoms with E-state index in [0.29, 0.717) is 10.8 Å². The first-order valence-electron chi connectivity index (χ1n) is 4.32. The van der Waals surface area contributed by atoms with Crippen LogP contribution < -0.4 is 0 Å². The molecule has 1 heterocycles. The van der Waals surface area contributed by atoms with Crippen molar-refractivity contribution < 1.29 is 0 Å². The lowest BCUT2D eigenvalue weighted by atomic mass is 10.2. The summed E-state index contributed by atoms with van der Waals surface area (Å²) in [6.45, 7) is 1.95. The Kier molecular flexibility index (Phi) is 2.88. The van der Waals surface area contributed by atoms with Gasteiger partial charge in [0.25, 0.3) is 0 Å². The molecule has 0 atom stereocenters. The number of tetrazole rings is 1. The van der Waals surface area contributed by atoms with Crippen molar-refractivity contribution in [1.82, 2.24) is 20.2 Å². The van der Waals surface area contributed by atoms with Crippen molar-refractivity contribution in [1.29, 1.82) is 0 Å². The Balaban J connectivity index is 2.63. The summed E-state index contributed by atoms with van der Waals surface area (Å²) in [4.78, 5) is 0. The minimum absolute atomic E-state index is 0.248. The van der Waals surface area contributed by atoms with Crippen molar-refractivity contribution in [2.24, 2.45) is 0 Å². The van der Waals surface area contributed by atoms with E-state index in [0.717, 1.165) is 11.3 Å². The van der Waals surface area contributed by atoms with Crippen LogP contribution in [-0.4, -0.2) is 20.2 Å². The fourth-order valence-electron chi connectivity index (χ4n) is 1.35.